The topological polar surface area (TPSA) is 50.4 Å². The van der Waals surface area contributed by atoms with Gasteiger partial charge in [0, 0.05) is 20.2 Å². The number of methoxy groups -OCH3 is 1. The van der Waals surface area contributed by atoms with Gasteiger partial charge in [-0.3, -0.25) is 4.79 Å². The van der Waals surface area contributed by atoms with Crippen molar-refractivity contribution in [3.05, 3.63) is 48.0 Å². The van der Waals surface area contributed by atoms with E-state index in [9.17, 15) is 4.79 Å². The molecule has 2 aromatic carbocycles. The first-order chi connectivity index (χ1) is 9.79. The Bertz CT molecular complexity index is 569. The second-order valence-corrected chi connectivity index (χ2v) is 4.63. The van der Waals surface area contributed by atoms with Crippen LogP contribution in [0.15, 0.2) is 42.5 Å². The quantitative estimate of drug-likeness (QED) is 0.754. The molecule has 4 heteroatoms. The monoisotopic (exact) mass is 272 g/mol. The van der Waals surface area contributed by atoms with Gasteiger partial charge >= 0.3 is 0 Å². The van der Waals surface area contributed by atoms with Crippen molar-refractivity contribution in [1.29, 1.82) is 0 Å². The van der Waals surface area contributed by atoms with Gasteiger partial charge in [0.1, 0.15) is 0 Å². The lowest BCUT2D eigenvalue weighted by atomic mass is 10.1. The number of rotatable bonds is 7. The number of fused-ring (bicyclic) bond motifs is 1. The third-order valence-corrected chi connectivity index (χ3v) is 3.06. The molecule has 0 heterocycles. The van der Waals surface area contributed by atoms with Crippen molar-refractivity contribution in [3.63, 3.8) is 0 Å². The van der Waals surface area contributed by atoms with Crippen molar-refractivity contribution in [2.75, 3.05) is 26.8 Å². The van der Waals surface area contributed by atoms with Gasteiger partial charge in [0.15, 0.2) is 0 Å². The van der Waals surface area contributed by atoms with Gasteiger partial charge < -0.3 is 15.4 Å². The minimum Gasteiger partial charge on any atom is -0.383 e. The van der Waals surface area contributed by atoms with Gasteiger partial charge in [-0.1, -0.05) is 36.4 Å². The van der Waals surface area contributed by atoms with Crippen molar-refractivity contribution in [2.24, 2.45) is 0 Å². The van der Waals surface area contributed by atoms with Gasteiger partial charge in [0.25, 0.3) is 0 Å². The SMILES string of the molecule is COCCNC(=O)CNCc1ccc2ccccc2c1. The van der Waals surface area contributed by atoms with Crippen LogP contribution in [0.3, 0.4) is 0 Å². The molecule has 0 atom stereocenters. The van der Waals surface area contributed by atoms with Crippen LogP contribution >= 0.6 is 0 Å². The fraction of sp³-hybridized carbons (Fsp3) is 0.312. The third-order valence-electron chi connectivity index (χ3n) is 3.06. The van der Waals surface area contributed by atoms with Gasteiger partial charge in [0.2, 0.25) is 5.91 Å². The smallest absolute Gasteiger partial charge is 0.234 e. The van der Waals surface area contributed by atoms with E-state index in [0.717, 1.165) is 0 Å². The maximum atomic E-state index is 11.5. The molecule has 20 heavy (non-hydrogen) atoms. The summed E-state index contributed by atoms with van der Waals surface area (Å²) in [6.07, 6.45) is 0. The van der Waals surface area contributed by atoms with Crippen molar-refractivity contribution in [1.82, 2.24) is 10.6 Å². The summed E-state index contributed by atoms with van der Waals surface area (Å²) in [6.45, 7) is 2.09. The maximum absolute atomic E-state index is 11.5. The Hall–Kier alpha value is -1.91. The Morgan fingerprint density at radius 3 is 2.75 bits per heavy atom. The van der Waals surface area contributed by atoms with Crippen molar-refractivity contribution >= 4 is 16.7 Å². The Morgan fingerprint density at radius 1 is 1.15 bits per heavy atom. The molecule has 0 fully saturated rings. The molecule has 0 bridgehead atoms. The molecule has 0 spiro atoms. The van der Waals surface area contributed by atoms with Crippen molar-refractivity contribution in [2.45, 2.75) is 6.54 Å². The first-order valence-electron chi connectivity index (χ1n) is 6.73. The van der Waals surface area contributed by atoms with E-state index in [-0.39, 0.29) is 5.91 Å². The number of amides is 1. The Labute approximate surface area is 119 Å². The summed E-state index contributed by atoms with van der Waals surface area (Å²) in [5.41, 5.74) is 1.17. The highest BCUT2D eigenvalue weighted by atomic mass is 16.5. The molecule has 0 radical (unpaired) electrons. The van der Waals surface area contributed by atoms with E-state index in [4.69, 9.17) is 4.74 Å². The standard InChI is InChI=1S/C16H20N2O2/c1-20-9-8-18-16(19)12-17-11-13-6-7-14-4-2-3-5-15(14)10-13/h2-7,10,17H,8-9,11-12H2,1H3,(H,18,19). The lowest BCUT2D eigenvalue weighted by Gasteiger charge is -2.07. The molecular weight excluding hydrogens is 252 g/mol. The summed E-state index contributed by atoms with van der Waals surface area (Å²) in [7, 11) is 1.62. The van der Waals surface area contributed by atoms with E-state index in [2.05, 4.69) is 41.0 Å². The second-order valence-electron chi connectivity index (χ2n) is 4.63. The Balaban J connectivity index is 1.79. The molecule has 0 aliphatic rings. The van der Waals surface area contributed by atoms with Crippen LogP contribution in [0.25, 0.3) is 10.8 Å². The number of nitrogens with one attached hydrogen (secondary N) is 2. The average molecular weight is 272 g/mol. The number of ether oxygens (including phenoxy) is 1. The molecule has 4 nitrogen and oxygen atoms in total. The summed E-state index contributed by atoms with van der Waals surface area (Å²) in [6, 6.07) is 14.6. The molecule has 2 rings (SSSR count). The first-order valence-corrected chi connectivity index (χ1v) is 6.73. The minimum atomic E-state index is -0.0113. The van der Waals surface area contributed by atoms with Gasteiger partial charge in [-0.15, -0.1) is 0 Å². The first kappa shape index (κ1) is 14.5. The lowest BCUT2D eigenvalue weighted by molar-refractivity contribution is -0.120. The molecule has 0 saturated heterocycles. The van der Waals surface area contributed by atoms with Crippen LogP contribution in [0.5, 0.6) is 0 Å². The molecule has 2 N–H and O–H groups in total. The van der Waals surface area contributed by atoms with Crippen molar-refractivity contribution in [3.8, 4) is 0 Å². The zero-order valence-electron chi connectivity index (χ0n) is 11.7. The van der Waals surface area contributed by atoms with E-state index < -0.39 is 0 Å². The summed E-state index contributed by atoms with van der Waals surface area (Å²) in [4.78, 5) is 11.5. The van der Waals surface area contributed by atoms with Gasteiger partial charge in [-0.2, -0.15) is 0 Å². The highest BCUT2D eigenvalue weighted by Crippen LogP contribution is 2.15. The number of carbonyl (C=O) groups is 1. The van der Waals surface area contributed by atoms with Crippen LogP contribution in [0.1, 0.15) is 5.56 Å². The zero-order chi connectivity index (χ0) is 14.2. The fourth-order valence-electron chi connectivity index (χ4n) is 2.02. The van der Waals surface area contributed by atoms with E-state index >= 15 is 0 Å². The van der Waals surface area contributed by atoms with Gasteiger partial charge in [-0.05, 0) is 22.4 Å². The van der Waals surface area contributed by atoms with Crippen LogP contribution in [-0.2, 0) is 16.1 Å². The molecule has 1 amide bonds. The number of hydrogen-bond acceptors (Lipinski definition) is 3. The molecule has 0 aromatic heterocycles. The van der Waals surface area contributed by atoms with E-state index in [1.807, 2.05) is 12.1 Å². The molecule has 106 valence electrons. The summed E-state index contributed by atoms with van der Waals surface area (Å²) in [5.74, 6) is -0.0113. The van der Waals surface area contributed by atoms with Crippen LogP contribution in [0, 0.1) is 0 Å². The summed E-state index contributed by atoms with van der Waals surface area (Å²) >= 11 is 0. The fourth-order valence-corrected chi connectivity index (χ4v) is 2.02. The number of carbonyl (C=O) groups excluding carboxylic acids is 1. The van der Waals surface area contributed by atoms with Crippen LogP contribution in [0.4, 0.5) is 0 Å². The highest BCUT2D eigenvalue weighted by Gasteiger charge is 2.00. The zero-order valence-corrected chi connectivity index (χ0v) is 11.7. The minimum absolute atomic E-state index is 0.0113. The molecule has 0 aliphatic heterocycles. The number of benzene rings is 2. The van der Waals surface area contributed by atoms with E-state index in [0.29, 0.717) is 26.2 Å². The van der Waals surface area contributed by atoms with Gasteiger partial charge in [-0.25, -0.2) is 0 Å². The second kappa shape index (κ2) is 7.62. The predicted molar refractivity (Wildman–Crippen MR) is 80.5 cm³/mol. The predicted octanol–water partition coefficient (Wildman–Crippen LogP) is 1.69. The molecule has 0 saturated carbocycles. The molecule has 0 unspecified atom stereocenters. The van der Waals surface area contributed by atoms with E-state index in [1.165, 1.54) is 16.3 Å². The third kappa shape index (κ3) is 4.33. The summed E-state index contributed by atoms with van der Waals surface area (Å²) in [5, 5.41) is 8.36. The maximum Gasteiger partial charge on any atom is 0.234 e. The Kier molecular flexibility index (Phi) is 5.53. The molecule has 2 aromatic rings. The van der Waals surface area contributed by atoms with Crippen LogP contribution in [0.2, 0.25) is 0 Å². The highest BCUT2D eigenvalue weighted by molar-refractivity contribution is 5.83. The molecule has 0 aliphatic carbocycles. The van der Waals surface area contributed by atoms with E-state index in [1.54, 1.807) is 7.11 Å². The van der Waals surface area contributed by atoms with Crippen molar-refractivity contribution < 1.29 is 9.53 Å². The number of hydrogen-bond donors (Lipinski definition) is 2. The lowest BCUT2D eigenvalue weighted by Crippen LogP contribution is -2.35. The summed E-state index contributed by atoms with van der Waals surface area (Å²) < 4.78 is 4.87. The largest absolute Gasteiger partial charge is 0.383 e. The van der Waals surface area contributed by atoms with Gasteiger partial charge in [0.05, 0.1) is 13.2 Å². The average Bonchev–Trinajstić information content (AvgIpc) is 2.47. The Morgan fingerprint density at radius 2 is 1.95 bits per heavy atom. The normalized spacial score (nSPS) is 10.7. The van der Waals surface area contributed by atoms with Crippen LogP contribution in [-0.4, -0.2) is 32.7 Å². The van der Waals surface area contributed by atoms with Crippen LogP contribution < -0.4 is 10.6 Å². The molecular formula is C16H20N2O2.